The molecule has 2 atom stereocenters. The first-order chi connectivity index (χ1) is 10.3. The Morgan fingerprint density at radius 1 is 1.27 bits per heavy atom. The first kappa shape index (κ1) is 18.9. The van der Waals surface area contributed by atoms with Gasteiger partial charge in [-0.3, -0.25) is 14.5 Å². The zero-order valence-corrected chi connectivity index (χ0v) is 14.9. The van der Waals surface area contributed by atoms with Crippen molar-refractivity contribution >= 4 is 11.8 Å². The molecule has 5 heteroatoms. The second-order valence-electron chi connectivity index (χ2n) is 7.06. The number of hydrogen-bond donors (Lipinski definition) is 1. The van der Waals surface area contributed by atoms with Crippen LogP contribution in [0.4, 0.5) is 0 Å². The molecule has 1 fully saturated rings. The summed E-state index contributed by atoms with van der Waals surface area (Å²) in [5.74, 6) is 1.30. The van der Waals surface area contributed by atoms with Crippen molar-refractivity contribution in [2.75, 3.05) is 33.7 Å². The third-order valence-electron chi connectivity index (χ3n) is 4.68. The van der Waals surface area contributed by atoms with Crippen LogP contribution in [0.5, 0.6) is 0 Å². The van der Waals surface area contributed by atoms with Crippen LogP contribution in [0, 0.1) is 11.8 Å². The highest BCUT2D eigenvalue weighted by molar-refractivity contribution is 5.81. The number of amides is 2. The molecule has 0 radical (unpaired) electrons. The van der Waals surface area contributed by atoms with Crippen molar-refractivity contribution in [3.05, 3.63) is 0 Å². The molecule has 22 heavy (non-hydrogen) atoms. The Labute approximate surface area is 135 Å². The van der Waals surface area contributed by atoms with Gasteiger partial charge in [-0.25, -0.2) is 0 Å². The van der Waals surface area contributed by atoms with Crippen LogP contribution in [-0.2, 0) is 9.59 Å². The van der Waals surface area contributed by atoms with Crippen molar-refractivity contribution in [1.82, 2.24) is 15.1 Å². The van der Waals surface area contributed by atoms with E-state index in [4.69, 9.17) is 0 Å². The zero-order valence-electron chi connectivity index (χ0n) is 14.9. The molecule has 0 bridgehead atoms. The Balaban J connectivity index is 2.24. The van der Waals surface area contributed by atoms with Crippen molar-refractivity contribution in [1.29, 1.82) is 0 Å². The van der Waals surface area contributed by atoms with Gasteiger partial charge in [-0.1, -0.05) is 20.8 Å². The van der Waals surface area contributed by atoms with Gasteiger partial charge in [-0.2, -0.15) is 0 Å². The van der Waals surface area contributed by atoms with E-state index in [1.165, 1.54) is 0 Å². The topological polar surface area (TPSA) is 52.7 Å². The molecular weight excluding hydrogens is 278 g/mol. The van der Waals surface area contributed by atoms with Crippen LogP contribution in [0.25, 0.3) is 0 Å². The molecule has 0 aliphatic carbocycles. The predicted molar refractivity (Wildman–Crippen MR) is 89.5 cm³/mol. The molecule has 1 heterocycles. The summed E-state index contributed by atoms with van der Waals surface area (Å²) in [6.07, 6.45) is 3.54. The van der Waals surface area contributed by atoms with E-state index < -0.39 is 0 Å². The van der Waals surface area contributed by atoms with Crippen LogP contribution in [0.3, 0.4) is 0 Å². The quantitative estimate of drug-likeness (QED) is 0.695. The van der Waals surface area contributed by atoms with E-state index in [0.29, 0.717) is 24.8 Å². The van der Waals surface area contributed by atoms with E-state index in [1.54, 1.807) is 4.90 Å². The minimum atomic E-state index is 0.0339. The maximum absolute atomic E-state index is 12.1. The van der Waals surface area contributed by atoms with Gasteiger partial charge < -0.3 is 10.2 Å². The van der Waals surface area contributed by atoms with E-state index >= 15 is 0 Å². The first-order valence-electron chi connectivity index (χ1n) is 8.54. The van der Waals surface area contributed by atoms with Crippen LogP contribution in [-0.4, -0.2) is 61.4 Å². The van der Waals surface area contributed by atoms with Crippen LogP contribution in [0.1, 0.15) is 46.5 Å². The van der Waals surface area contributed by atoms with E-state index in [-0.39, 0.29) is 17.9 Å². The molecule has 0 aromatic rings. The number of nitrogens with zero attached hydrogens (tertiary/aromatic N) is 2. The van der Waals surface area contributed by atoms with Gasteiger partial charge in [0.05, 0.1) is 6.04 Å². The van der Waals surface area contributed by atoms with E-state index in [1.807, 2.05) is 14.1 Å². The van der Waals surface area contributed by atoms with Crippen molar-refractivity contribution in [2.45, 2.75) is 52.5 Å². The molecule has 0 aromatic heterocycles. The molecule has 0 aromatic carbocycles. The number of likely N-dealkylation sites (N-methyl/N-ethyl adjacent to an activating group) is 1. The lowest BCUT2D eigenvalue weighted by Crippen LogP contribution is -2.43. The molecule has 0 saturated carbocycles. The molecule has 128 valence electrons. The van der Waals surface area contributed by atoms with Gasteiger partial charge >= 0.3 is 0 Å². The lowest BCUT2D eigenvalue weighted by atomic mass is 9.94. The summed E-state index contributed by atoms with van der Waals surface area (Å²) >= 11 is 0. The van der Waals surface area contributed by atoms with Crippen LogP contribution < -0.4 is 5.32 Å². The molecule has 1 saturated heterocycles. The Morgan fingerprint density at radius 3 is 2.55 bits per heavy atom. The summed E-state index contributed by atoms with van der Waals surface area (Å²) in [6.45, 7) is 8.97. The minimum Gasteiger partial charge on any atom is -0.356 e. The Morgan fingerprint density at radius 2 is 1.95 bits per heavy atom. The Kier molecular flexibility index (Phi) is 7.87. The lowest BCUT2D eigenvalue weighted by Gasteiger charge is -2.26. The zero-order chi connectivity index (χ0) is 16.7. The largest absolute Gasteiger partial charge is 0.356 e. The fraction of sp³-hybridized carbons (Fsp3) is 0.882. The molecule has 2 amide bonds. The summed E-state index contributed by atoms with van der Waals surface area (Å²) in [7, 11) is 3.63. The average Bonchev–Trinajstić information content (AvgIpc) is 2.90. The number of hydrogen-bond acceptors (Lipinski definition) is 3. The van der Waals surface area contributed by atoms with Gasteiger partial charge in [0.25, 0.3) is 0 Å². The second-order valence-corrected chi connectivity index (χ2v) is 7.06. The van der Waals surface area contributed by atoms with E-state index in [2.05, 4.69) is 31.0 Å². The number of carbonyl (C=O) groups excluding carboxylic acids is 2. The summed E-state index contributed by atoms with van der Waals surface area (Å²) in [5.41, 5.74) is 0. The lowest BCUT2D eigenvalue weighted by molar-refractivity contribution is -0.133. The smallest absolute Gasteiger partial charge is 0.239 e. The van der Waals surface area contributed by atoms with Crippen LogP contribution >= 0.6 is 0 Å². The fourth-order valence-corrected chi connectivity index (χ4v) is 2.78. The Hall–Kier alpha value is -1.10. The third-order valence-corrected chi connectivity index (χ3v) is 4.68. The summed E-state index contributed by atoms with van der Waals surface area (Å²) in [4.78, 5) is 27.9. The van der Waals surface area contributed by atoms with Gasteiger partial charge in [0.15, 0.2) is 0 Å². The van der Waals surface area contributed by atoms with Gasteiger partial charge in [-0.05, 0) is 37.6 Å². The van der Waals surface area contributed by atoms with Gasteiger partial charge in [-0.15, -0.1) is 0 Å². The van der Waals surface area contributed by atoms with Gasteiger partial charge in [0.1, 0.15) is 0 Å². The molecule has 0 spiro atoms. The van der Waals surface area contributed by atoms with Crippen LogP contribution in [0.2, 0.25) is 0 Å². The summed E-state index contributed by atoms with van der Waals surface area (Å²) < 4.78 is 0. The van der Waals surface area contributed by atoms with Crippen LogP contribution in [0.15, 0.2) is 0 Å². The summed E-state index contributed by atoms with van der Waals surface area (Å²) in [5, 5.41) is 3.00. The number of likely N-dealkylation sites (tertiary alicyclic amines) is 1. The number of rotatable bonds is 8. The van der Waals surface area contributed by atoms with Gasteiger partial charge in [0.2, 0.25) is 11.8 Å². The molecule has 2 unspecified atom stereocenters. The first-order valence-corrected chi connectivity index (χ1v) is 8.54. The monoisotopic (exact) mass is 311 g/mol. The van der Waals surface area contributed by atoms with E-state index in [0.717, 1.165) is 32.4 Å². The highest BCUT2D eigenvalue weighted by Crippen LogP contribution is 2.18. The van der Waals surface area contributed by atoms with Gasteiger partial charge in [0, 0.05) is 33.6 Å². The normalized spacial score (nSPS) is 20.2. The standard InChI is InChI=1S/C17H33N3O2/c1-13(2)14(3)12-16(21)18-9-7-11-20-10-6-8-15(20)17(22)19(4)5/h13-15H,6-12H2,1-5H3,(H,18,21). The predicted octanol–water partition coefficient (Wildman–Crippen LogP) is 1.73. The van der Waals surface area contributed by atoms with Crippen molar-refractivity contribution in [2.24, 2.45) is 11.8 Å². The number of nitrogens with one attached hydrogen (secondary N) is 1. The molecule has 1 rings (SSSR count). The SMILES string of the molecule is CC(C)C(C)CC(=O)NCCCN1CCCC1C(=O)N(C)C. The third kappa shape index (κ3) is 5.95. The summed E-state index contributed by atoms with van der Waals surface area (Å²) in [6, 6.07) is 0.0339. The molecule has 1 aliphatic heterocycles. The molecule has 5 nitrogen and oxygen atoms in total. The molecular formula is C17H33N3O2. The molecule has 1 N–H and O–H groups in total. The van der Waals surface area contributed by atoms with Crippen molar-refractivity contribution in [3.63, 3.8) is 0 Å². The maximum atomic E-state index is 12.1. The minimum absolute atomic E-state index is 0.0339. The second kappa shape index (κ2) is 9.13. The van der Waals surface area contributed by atoms with Crippen molar-refractivity contribution in [3.8, 4) is 0 Å². The highest BCUT2D eigenvalue weighted by Gasteiger charge is 2.30. The van der Waals surface area contributed by atoms with E-state index in [9.17, 15) is 9.59 Å². The molecule has 1 aliphatic rings. The van der Waals surface area contributed by atoms with Crippen molar-refractivity contribution < 1.29 is 9.59 Å². The average molecular weight is 311 g/mol. The maximum Gasteiger partial charge on any atom is 0.239 e. The number of carbonyl (C=O) groups is 2. The fourth-order valence-electron chi connectivity index (χ4n) is 2.78. The highest BCUT2D eigenvalue weighted by atomic mass is 16.2. The Bertz CT molecular complexity index is 369.